The third kappa shape index (κ3) is 3.98. The van der Waals surface area contributed by atoms with E-state index in [0.717, 1.165) is 30.8 Å². The van der Waals surface area contributed by atoms with Gasteiger partial charge < -0.3 is 15.0 Å². The van der Waals surface area contributed by atoms with Crippen molar-refractivity contribution in [1.82, 2.24) is 24.7 Å². The number of halogens is 1. The van der Waals surface area contributed by atoms with Crippen molar-refractivity contribution in [1.29, 1.82) is 5.26 Å². The lowest BCUT2D eigenvalue weighted by molar-refractivity contribution is -0.00743. The van der Waals surface area contributed by atoms with E-state index >= 15 is 0 Å². The third-order valence-corrected chi connectivity index (χ3v) is 6.50. The molecule has 5 heterocycles. The maximum absolute atomic E-state index is 14.7. The summed E-state index contributed by atoms with van der Waals surface area (Å²) >= 11 is 0. The van der Waals surface area contributed by atoms with Crippen molar-refractivity contribution in [3.8, 4) is 6.07 Å². The summed E-state index contributed by atoms with van der Waals surface area (Å²) < 4.78 is 24.2. The number of pyridine rings is 1. The first-order valence-electron chi connectivity index (χ1n) is 11.5. The van der Waals surface area contributed by atoms with Crippen LogP contribution in [0.4, 0.5) is 10.1 Å². The molecule has 2 atom stereocenters. The van der Waals surface area contributed by atoms with Crippen LogP contribution in [0.1, 0.15) is 62.8 Å². The van der Waals surface area contributed by atoms with Crippen LogP contribution in [0.3, 0.4) is 0 Å². The molecule has 0 aliphatic carbocycles. The van der Waals surface area contributed by atoms with Gasteiger partial charge in [0.25, 0.3) is 0 Å². The predicted molar refractivity (Wildman–Crippen MR) is 123 cm³/mol. The molecular weight excluding hydrogens is 421 g/mol. The Hall–Kier alpha value is -2.96. The minimum atomic E-state index is -0.418. The number of nitriles is 1. The van der Waals surface area contributed by atoms with Gasteiger partial charge in [-0.25, -0.2) is 8.91 Å². The van der Waals surface area contributed by atoms with Gasteiger partial charge in [-0.05, 0) is 52.7 Å². The Labute approximate surface area is 192 Å². The van der Waals surface area contributed by atoms with Crippen LogP contribution < -0.4 is 10.2 Å². The molecule has 33 heavy (non-hydrogen) atoms. The minimum Gasteiger partial charge on any atom is -0.376 e. The van der Waals surface area contributed by atoms with Gasteiger partial charge in [0.2, 0.25) is 0 Å². The van der Waals surface area contributed by atoms with Crippen molar-refractivity contribution in [3.05, 3.63) is 46.8 Å². The highest BCUT2D eigenvalue weighted by atomic mass is 19.1. The zero-order valence-corrected chi connectivity index (χ0v) is 19.6. The van der Waals surface area contributed by atoms with Gasteiger partial charge >= 0.3 is 0 Å². The normalized spacial score (nSPS) is 20.5. The zero-order chi connectivity index (χ0) is 23.3. The van der Waals surface area contributed by atoms with E-state index in [4.69, 9.17) is 9.84 Å². The summed E-state index contributed by atoms with van der Waals surface area (Å²) in [6.07, 6.45) is 3.02. The molecule has 0 radical (unpaired) electrons. The molecule has 0 saturated heterocycles. The third-order valence-electron chi connectivity index (χ3n) is 6.50. The van der Waals surface area contributed by atoms with Gasteiger partial charge in [-0.1, -0.05) is 0 Å². The smallest absolute Gasteiger partial charge is 0.171 e. The number of rotatable bonds is 4. The van der Waals surface area contributed by atoms with E-state index in [1.54, 1.807) is 6.07 Å². The Kier molecular flexibility index (Phi) is 5.38. The number of hydrogen-bond acceptors (Lipinski definition) is 6. The van der Waals surface area contributed by atoms with E-state index in [1.807, 2.05) is 6.07 Å². The molecule has 8 nitrogen and oxygen atoms in total. The summed E-state index contributed by atoms with van der Waals surface area (Å²) in [7, 11) is 0. The lowest BCUT2D eigenvalue weighted by Gasteiger charge is -2.35. The van der Waals surface area contributed by atoms with Gasteiger partial charge in [-0.15, -0.1) is 0 Å². The second-order valence-corrected chi connectivity index (χ2v) is 10.0. The number of nitrogens with zero attached hydrogens (tertiary/aromatic N) is 6. The molecule has 174 valence electrons. The summed E-state index contributed by atoms with van der Waals surface area (Å²) in [5.74, 6) is -0.418. The molecule has 2 aliphatic heterocycles. The lowest BCUT2D eigenvalue weighted by atomic mass is 9.96. The monoisotopic (exact) mass is 451 g/mol. The zero-order valence-electron chi connectivity index (χ0n) is 19.6. The van der Waals surface area contributed by atoms with E-state index in [0.29, 0.717) is 36.9 Å². The highest BCUT2D eigenvalue weighted by Gasteiger charge is 2.32. The number of nitrogens with one attached hydrogen (secondary N) is 1. The van der Waals surface area contributed by atoms with Crippen LogP contribution in [0.15, 0.2) is 18.3 Å². The fourth-order valence-corrected chi connectivity index (χ4v) is 4.95. The molecule has 3 aromatic heterocycles. The van der Waals surface area contributed by atoms with E-state index in [-0.39, 0.29) is 11.6 Å². The SMILES string of the molecule is C[C@@H]1CN(c2ccc(C#N)n3ncc(F)c23)Cc2c3c(nn21)CNC(CCOC(C)(C)C)C3. The topological polar surface area (TPSA) is 83.4 Å². The number of fused-ring (bicyclic) bond motifs is 4. The van der Waals surface area contributed by atoms with Gasteiger partial charge in [-0.3, -0.25) is 4.68 Å². The molecule has 1 unspecified atom stereocenters. The average molecular weight is 452 g/mol. The van der Waals surface area contributed by atoms with Gasteiger partial charge in [0, 0.05) is 31.3 Å². The Morgan fingerprint density at radius 2 is 2.15 bits per heavy atom. The first-order valence-corrected chi connectivity index (χ1v) is 11.5. The summed E-state index contributed by atoms with van der Waals surface area (Å²) in [6, 6.07) is 6.11. The van der Waals surface area contributed by atoms with Crippen LogP contribution in [-0.4, -0.2) is 44.2 Å². The Morgan fingerprint density at radius 1 is 1.33 bits per heavy atom. The standard InChI is InChI=1S/C24H30FN7O/c1-15-13-30(21-6-5-17(10-26)32-23(21)19(25)11-28-32)14-22-18-9-16(7-8-33-24(2,3)4)27-12-20(18)29-31(15)22/h5-6,11,15-16,27H,7-9,12-14H2,1-4H3/t15-,16?/m1/s1. The van der Waals surface area contributed by atoms with Crippen LogP contribution in [0.2, 0.25) is 0 Å². The Morgan fingerprint density at radius 3 is 2.91 bits per heavy atom. The van der Waals surface area contributed by atoms with Crippen molar-refractivity contribution < 1.29 is 9.13 Å². The van der Waals surface area contributed by atoms with Crippen molar-refractivity contribution >= 4 is 11.2 Å². The number of anilines is 1. The van der Waals surface area contributed by atoms with Crippen molar-refractivity contribution in [2.75, 3.05) is 18.1 Å². The van der Waals surface area contributed by atoms with E-state index in [9.17, 15) is 9.65 Å². The predicted octanol–water partition coefficient (Wildman–Crippen LogP) is 3.34. The molecule has 0 spiro atoms. The van der Waals surface area contributed by atoms with E-state index in [2.05, 4.69) is 53.8 Å². The summed E-state index contributed by atoms with van der Waals surface area (Å²) in [6.45, 7) is 11.2. The Bertz CT molecular complexity index is 1230. The average Bonchev–Trinajstić information content (AvgIpc) is 3.34. The minimum absolute atomic E-state index is 0.137. The molecule has 0 saturated carbocycles. The molecule has 3 aromatic rings. The van der Waals surface area contributed by atoms with Crippen LogP contribution in [0, 0.1) is 17.1 Å². The quantitative estimate of drug-likeness (QED) is 0.655. The molecule has 2 aliphatic rings. The Balaban J connectivity index is 1.43. The first kappa shape index (κ1) is 21.9. The largest absolute Gasteiger partial charge is 0.376 e. The maximum atomic E-state index is 14.7. The fraction of sp³-hybridized carbons (Fsp3) is 0.542. The fourth-order valence-electron chi connectivity index (χ4n) is 4.95. The summed E-state index contributed by atoms with van der Waals surface area (Å²) in [4.78, 5) is 2.18. The van der Waals surface area contributed by atoms with Gasteiger partial charge in [0.15, 0.2) is 5.82 Å². The van der Waals surface area contributed by atoms with Gasteiger partial charge in [0.05, 0.1) is 41.5 Å². The number of hydrogen-bond donors (Lipinski definition) is 1. The molecule has 5 rings (SSSR count). The molecule has 0 aromatic carbocycles. The van der Waals surface area contributed by atoms with Crippen LogP contribution in [0.25, 0.3) is 5.52 Å². The highest BCUT2D eigenvalue weighted by Crippen LogP contribution is 2.34. The molecule has 0 bridgehead atoms. The molecule has 9 heteroatoms. The van der Waals surface area contributed by atoms with Crippen molar-refractivity contribution in [2.24, 2.45) is 0 Å². The highest BCUT2D eigenvalue weighted by molar-refractivity contribution is 5.75. The maximum Gasteiger partial charge on any atom is 0.171 e. The second kappa shape index (κ2) is 8.12. The molecule has 0 amide bonds. The van der Waals surface area contributed by atoms with Gasteiger partial charge in [-0.2, -0.15) is 15.5 Å². The number of ether oxygens (including phenoxy) is 1. The van der Waals surface area contributed by atoms with Crippen LogP contribution in [-0.2, 0) is 24.2 Å². The van der Waals surface area contributed by atoms with Gasteiger partial charge in [0.1, 0.15) is 17.3 Å². The lowest BCUT2D eigenvalue weighted by Crippen LogP contribution is -2.39. The van der Waals surface area contributed by atoms with E-state index in [1.165, 1.54) is 22.0 Å². The van der Waals surface area contributed by atoms with Crippen LogP contribution >= 0.6 is 0 Å². The van der Waals surface area contributed by atoms with Crippen LogP contribution in [0.5, 0.6) is 0 Å². The summed E-state index contributed by atoms with van der Waals surface area (Å²) in [5.41, 5.74) is 4.87. The number of aromatic nitrogens is 4. The second-order valence-electron chi connectivity index (χ2n) is 10.0. The van der Waals surface area contributed by atoms with Crippen molar-refractivity contribution in [2.45, 2.75) is 71.3 Å². The molecular formula is C24H30FN7O. The summed E-state index contributed by atoms with van der Waals surface area (Å²) in [5, 5.41) is 22.0. The first-order chi connectivity index (χ1) is 15.7. The molecule has 1 N–H and O–H groups in total. The van der Waals surface area contributed by atoms with E-state index < -0.39 is 5.82 Å². The van der Waals surface area contributed by atoms with Crippen molar-refractivity contribution in [3.63, 3.8) is 0 Å². The molecule has 0 fully saturated rings.